The third kappa shape index (κ3) is 3.81. The molecular weight excluding hydrogens is 235 g/mol. The molecule has 0 aliphatic rings. The van der Waals surface area contributed by atoms with Gasteiger partial charge in [-0.15, -0.1) is 0 Å². The van der Waals surface area contributed by atoms with Crippen LogP contribution in [0.25, 0.3) is 0 Å². The van der Waals surface area contributed by atoms with Gasteiger partial charge in [0.25, 0.3) is 0 Å². The second-order valence-electron chi connectivity index (χ2n) is 3.66. The lowest BCUT2D eigenvalue weighted by Gasteiger charge is -2.16. The van der Waals surface area contributed by atoms with Crippen molar-refractivity contribution in [3.05, 3.63) is 23.8 Å². The first-order valence-electron chi connectivity index (χ1n) is 5.03. The maximum absolute atomic E-state index is 12.0. The van der Waals surface area contributed by atoms with E-state index in [1.807, 2.05) is 0 Å². The zero-order valence-corrected chi connectivity index (χ0v) is 9.29. The fourth-order valence-electron chi connectivity index (χ4n) is 1.48. The first-order valence-corrected chi connectivity index (χ1v) is 5.03. The van der Waals surface area contributed by atoms with E-state index in [9.17, 15) is 18.3 Å². The van der Waals surface area contributed by atoms with Gasteiger partial charge in [0.1, 0.15) is 0 Å². The summed E-state index contributed by atoms with van der Waals surface area (Å²) >= 11 is 0. The molecule has 1 atom stereocenters. The van der Waals surface area contributed by atoms with Crippen LogP contribution in [0.15, 0.2) is 18.2 Å². The molecule has 0 spiro atoms. The van der Waals surface area contributed by atoms with Crippen LogP contribution in [0.2, 0.25) is 0 Å². The average molecular weight is 249 g/mol. The van der Waals surface area contributed by atoms with Crippen molar-refractivity contribution in [2.24, 2.45) is 5.73 Å². The number of alkyl halides is 3. The smallest absolute Gasteiger partial charge is 0.389 e. The molecule has 0 fully saturated rings. The Morgan fingerprint density at radius 2 is 2.06 bits per heavy atom. The second kappa shape index (κ2) is 5.27. The quantitative estimate of drug-likeness (QED) is 0.862. The summed E-state index contributed by atoms with van der Waals surface area (Å²) in [5, 5.41) is 9.70. The van der Waals surface area contributed by atoms with Crippen molar-refractivity contribution in [2.75, 3.05) is 7.11 Å². The van der Waals surface area contributed by atoms with E-state index in [2.05, 4.69) is 0 Å². The van der Waals surface area contributed by atoms with Crippen LogP contribution in [-0.4, -0.2) is 18.4 Å². The fraction of sp³-hybridized carbons (Fsp3) is 0.455. The third-order valence-corrected chi connectivity index (χ3v) is 2.39. The van der Waals surface area contributed by atoms with E-state index in [-0.39, 0.29) is 23.5 Å². The Morgan fingerprint density at radius 3 is 2.59 bits per heavy atom. The number of benzene rings is 1. The predicted octanol–water partition coefficient (Wildman–Crippen LogP) is 2.74. The zero-order chi connectivity index (χ0) is 13.1. The summed E-state index contributed by atoms with van der Waals surface area (Å²) in [7, 11) is 1.36. The van der Waals surface area contributed by atoms with Gasteiger partial charge in [-0.25, -0.2) is 0 Å². The van der Waals surface area contributed by atoms with Gasteiger partial charge in [0.15, 0.2) is 11.5 Å². The number of halogens is 3. The van der Waals surface area contributed by atoms with Gasteiger partial charge in [-0.3, -0.25) is 0 Å². The summed E-state index contributed by atoms with van der Waals surface area (Å²) in [6.45, 7) is 0. The summed E-state index contributed by atoms with van der Waals surface area (Å²) in [4.78, 5) is 0. The topological polar surface area (TPSA) is 55.5 Å². The van der Waals surface area contributed by atoms with Crippen LogP contribution in [0.4, 0.5) is 13.2 Å². The maximum atomic E-state index is 12.0. The molecule has 0 bridgehead atoms. The summed E-state index contributed by atoms with van der Waals surface area (Å²) in [5.41, 5.74) is 5.87. The van der Waals surface area contributed by atoms with Gasteiger partial charge in [-0.2, -0.15) is 13.2 Å². The Hall–Kier alpha value is -1.43. The van der Waals surface area contributed by atoms with Crippen LogP contribution in [0.5, 0.6) is 11.5 Å². The number of para-hydroxylation sites is 1. The van der Waals surface area contributed by atoms with E-state index in [1.54, 1.807) is 6.07 Å². The largest absolute Gasteiger partial charge is 0.504 e. The van der Waals surface area contributed by atoms with Crippen molar-refractivity contribution in [1.82, 2.24) is 0 Å². The molecule has 0 aromatic heterocycles. The highest BCUT2D eigenvalue weighted by molar-refractivity contribution is 5.46. The van der Waals surface area contributed by atoms with Gasteiger partial charge in [-0.05, 0) is 12.5 Å². The number of hydrogen-bond donors (Lipinski definition) is 2. The zero-order valence-electron chi connectivity index (χ0n) is 9.29. The third-order valence-electron chi connectivity index (χ3n) is 2.39. The molecule has 1 aromatic carbocycles. The monoisotopic (exact) mass is 249 g/mol. The van der Waals surface area contributed by atoms with Crippen molar-refractivity contribution in [1.29, 1.82) is 0 Å². The minimum absolute atomic E-state index is 0.199. The number of aromatic hydroxyl groups is 1. The number of nitrogens with two attached hydrogens (primary N) is 1. The average Bonchev–Trinajstić information content (AvgIpc) is 2.25. The summed E-state index contributed by atoms with van der Waals surface area (Å²) < 4.78 is 41.0. The van der Waals surface area contributed by atoms with E-state index < -0.39 is 18.6 Å². The Morgan fingerprint density at radius 1 is 1.41 bits per heavy atom. The lowest BCUT2D eigenvalue weighted by Crippen LogP contribution is -2.16. The Labute approximate surface area is 97.0 Å². The summed E-state index contributed by atoms with van der Waals surface area (Å²) in [6.07, 6.45) is -5.50. The molecule has 0 aliphatic heterocycles. The van der Waals surface area contributed by atoms with Crippen LogP contribution in [-0.2, 0) is 0 Å². The standard InChI is InChI=1S/C11H14F3NO2/c1-17-9-4-2-3-7(10(9)16)8(15)5-6-11(12,13)14/h2-4,8,16H,5-6,15H2,1H3/t8-/m1/s1. The van der Waals surface area contributed by atoms with Crippen LogP contribution in [0.3, 0.4) is 0 Å². The number of hydrogen-bond acceptors (Lipinski definition) is 3. The Balaban J connectivity index is 2.79. The predicted molar refractivity (Wildman–Crippen MR) is 56.9 cm³/mol. The van der Waals surface area contributed by atoms with Gasteiger partial charge in [0, 0.05) is 18.0 Å². The molecule has 96 valence electrons. The maximum Gasteiger partial charge on any atom is 0.389 e. The van der Waals surface area contributed by atoms with Crippen molar-refractivity contribution in [3.63, 3.8) is 0 Å². The Bertz CT molecular complexity index is 379. The minimum Gasteiger partial charge on any atom is -0.504 e. The van der Waals surface area contributed by atoms with E-state index in [0.29, 0.717) is 0 Å². The highest BCUT2D eigenvalue weighted by Gasteiger charge is 2.28. The molecule has 3 N–H and O–H groups in total. The molecule has 0 radical (unpaired) electrons. The van der Waals surface area contributed by atoms with Gasteiger partial charge >= 0.3 is 6.18 Å². The van der Waals surface area contributed by atoms with Crippen molar-refractivity contribution in [2.45, 2.75) is 25.1 Å². The van der Waals surface area contributed by atoms with Crippen LogP contribution in [0, 0.1) is 0 Å². The van der Waals surface area contributed by atoms with Crippen LogP contribution >= 0.6 is 0 Å². The SMILES string of the molecule is COc1cccc([C@H](N)CCC(F)(F)F)c1O. The number of phenols is 1. The number of rotatable bonds is 4. The van der Waals surface area contributed by atoms with Crippen molar-refractivity contribution in [3.8, 4) is 11.5 Å². The van der Waals surface area contributed by atoms with E-state index in [4.69, 9.17) is 10.5 Å². The van der Waals surface area contributed by atoms with E-state index in [0.717, 1.165) is 0 Å². The summed E-state index contributed by atoms with van der Waals surface area (Å²) in [6, 6.07) is 3.70. The highest BCUT2D eigenvalue weighted by atomic mass is 19.4. The van der Waals surface area contributed by atoms with Gasteiger partial charge in [-0.1, -0.05) is 12.1 Å². The molecule has 0 unspecified atom stereocenters. The molecule has 1 aromatic rings. The molecule has 3 nitrogen and oxygen atoms in total. The van der Waals surface area contributed by atoms with Gasteiger partial charge in [0.2, 0.25) is 0 Å². The summed E-state index contributed by atoms with van der Waals surface area (Å²) in [5.74, 6) is -0.00497. The lowest BCUT2D eigenvalue weighted by atomic mass is 10.0. The number of phenolic OH excluding ortho intramolecular Hbond substituents is 1. The fourth-order valence-corrected chi connectivity index (χ4v) is 1.48. The van der Waals surface area contributed by atoms with Crippen LogP contribution in [0.1, 0.15) is 24.4 Å². The lowest BCUT2D eigenvalue weighted by molar-refractivity contribution is -0.136. The number of ether oxygens (including phenoxy) is 1. The first kappa shape index (κ1) is 13.6. The second-order valence-corrected chi connectivity index (χ2v) is 3.66. The molecule has 6 heteroatoms. The molecule has 17 heavy (non-hydrogen) atoms. The molecule has 0 saturated heterocycles. The van der Waals surface area contributed by atoms with E-state index >= 15 is 0 Å². The van der Waals surface area contributed by atoms with Gasteiger partial charge < -0.3 is 15.6 Å². The molecule has 0 heterocycles. The number of methoxy groups -OCH3 is 1. The molecule has 1 rings (SSSR count). The molecule has 0 amide bonds. The molecule has 0 saturated carbocycles. The molecule has 0 aliphatic carbocycles. The van der Waals surface area contributed by atoms with Crippen LogP contribution < -0.4 is 10.5 Å². The minimum atomic E-state index is -4.24. The van der Waals surface area contributed by atoms with Gasteiger partial charge in [0.05, 0.1) is 7.11 Å². The van der Waals surface area contributed by atoms with Crippen molar-refractivity contribution < 1.29 is 23.0 Å². The molecular formula is C11H14F3NO2. The normalized spacial score (nSPS) is 13.5. The first-order chi connectivity index (χ1) is 7.85. The van der Waals surface area contributed by atoms with E-state index in [1.165, 1.54) is 19.2 Å². The van der Waals surface area contributed by atoms with Crippen molar-refractivity contribution >= 4 is 0 Å². The Kier molecular flexibility index (Phi) is 4.22. The highest BCUT2D eigenvalue weighted by Crippen LogP contribution is 2.35.